The molecule has 2 aliphatic heterocycles. The first-order valence-corrected chi connectivity index (χ1v) is 10.8. The first-order valence-electron chi connectivity index (χ1n) is 10.8. The van der Waals surface area contributed by atoms with Crippen molar-refractivity contribution in [1.29, 1.82) is 0 Å². The maximum Gasteiger partial charge on any atom is 0.254 e. The number of amides is 2. The van der Waals surface area contributed by atoms with Crippen LogP contribution in [0.15, 0.2) is 29.1 Å². The zero-order chi connectivity index (χ0) is 22.0. The lowest BCUT2D eigenvalue weighted by Gasteiger charge is -2.36. The number of carbonyl (C=O) groups is 2. The van der Waals surface area contributed by atoms with E-state index >= 15 is 0 Å². The quantitative estimate of drug-likeness (QED) is 0.810. The number of fused-ring (bicyclic) bond motifs is 1. The zero-order valence-corrected chi connectivity index (χ0v) is 18.0. The topological polar surface area (TPSA) is 95.6 Å². The summed E-state index contributed by atoms with van der Waals surface area (Å²) in [6, 6.07) is 7.23. The monoisotopic (exact) mass is 424 g/mol. The van der Waals surface area contributed by atoms with E-state index in [1.165, 1.54) is 6.92 Å². The van der Waals surface area contributed by atoms with Gasteiger partial charge in [-0.2, -0.15) is 0 Å². The second-order valence-electron chi connectivity index (χ2n) is 8.15. The highest BCUT2D eigenvalue weighted by Crippen LogP contribution is 2.30. The van der Waals surface area contributed by atoms with Crippen molar-refractivity contribution >= 4 is 11.8 Å². The number of nitrogens with one attached hydrogen (secondary N) is 1. The van der Waals surface area contributed by atoms with E-state index in [0.29, 0.717) is 48.9 Å². The number of H-pyrrole nitrogens is 1. The van der Waals surface area contributed by atoms with Gasteiger partial charge >= 0.3 is 0 Å². The number of methoxy groups -OCH3 is 1. The van der Waals surface area contributed by atoms with Crippen LogP contribution in [0.5, 0.6) is 5.75 Å². The Bertz CT molecular complexity index is 1050. The minimum atomic E-state index is -0.276. The molecular weight excluding hydrogens is 396 g/mol. The Labute approximate surface area is 181 Å². The van der Waals surface area contributed by atoms with E-state index in [9.17, 15) is 14.4 Å². The fraction of sp³-hybridized carbons (Fsp3) is 0.478. The van der Waals surface area contributed by atoms with E-state index in [-0.39, 0.29) is 29.8 Å². The van der Waals surface area contributed by atoms with E-state index in [0.717, 1.165) is 24.8 Å². The summed E-state index contributed by atoms with van der Waals surface area (Å²) in [7, 11) is 1.60. The van der Waals surface area contributed by atoms with Crippen LogP contribution >= 0.6 is 0 Å². The molecule has 31 heavy (non-hydrogen) atoms. The first-order chi connectivity index (χ1) is 15.0. The van der Waals surface area contributed by atoms with Crippen LogP contribution < -0.4 is 10.3 Å². The van der Waals surface area contributed by atoms with Crippen LogP contribution in [0.25, 0.3) is 0 Å². The summed E-state index contributed by atoms with van der Waals surface area (Å²) in [5, 5.41) is 0. The smallest absolute Gasteiger partial charge is 0.254 e. The van der Waals surface area contributed by atoms with Gasteiger partial charge in [-0.15, -0.1) is 0 Å². The lowest BCUT2D eigenvalue weighted by molar-refractivity contribution is -0.134. The number of piperidine rings is 1. The van der Waals surface area contributed by atoms with Gasteiger partial charge < -0.3 is 19.5 Å². The highest BCUT2D eigenvalue weighted by Gasteiger charge is 2.32. The van der Waals surface area contributed by atoms with Gasteiger partial charge in [0.2, 0.25) is 11.8 Å². The normalized spacial score (nSPS) is 18.5. The maximum atomic E-state index is 13.2. The summed E-state index contributed by atoms with van der Waals surface area (Å²) in [4.78, 5) is 49.0. The van der Waals surface area contributed by atoms with Gasteiger partial charge in [0, 0.05) is 31.1 Å². The van der Waals surface area contributed by atoms with Crippen LogP contribution in [-0.2, 0) is 29.0 Å². The minimum Gasteiger partial charge on any atom is -0.496 e. The standard InChI is InChI=1S/C23H28N4O4/c1-15(28)26-12-10-17-18(14-26)24-22(25-23(17)30)19-8-5-6-11-27(19)21(29)13-16-7-3-4-9-20(16)31-2/h3-4,7,9,19H,5-6,8,10-14H2,1-2H3,(H,24,25,30)/t19-/m0/s1. The number of ether oxygens (including phenoxy) is 1. The average Bonchev–Trinajstić information content (AvgIpc) is 2.79. The van der Waals surface area contributed by atoms with Crippen molar-refractivity contribution in [2.45, 2.75) is 51.6 Å². The van der Waals surface area contributed by atoms with Gasteiger partial charge in [0.1, 0.15) is 11.6 Å². The molecule has 4 rings (SSSR count). The van der Waals surface area contributed by atoms with Gasteiger partial charge in [-0.1, -0.05) is 18.2 Å². The molecule has 8 nitrogen and oxygen atoms in total. The molecule has 0 unspecified atom stereocenters. The number of likely N-dealkylation sites (tertiary alicyclic amines) is 1. The Kier molecular flexibility index (Phi) is 6.06. The highest BCUT2D eigenvalue weighted by molar-refractivity contribution is 5.80. The molecule has 1 aromatic carbocycles. The Morgan fingerprint density at radius 1 is 1.23 bits per heavy atom. The zero-order valence-electron chi connectivity index (χ0n) is 18.0. The Balaban J connectivity index is 1.61. The van der Waals surface area contributed by atoms with Crippen molar-refractivity contribution in [3.8, 4) is 5.75 Å². The maximum absolute atomic E-state index is 13.2. The van der Waals surface area contributed by atoms with Gasteiger partial charge in [-0.3, -0.25) is 14.4 Å². The van der Waals surface area contributed by atoms with Gasteiger partial charge in [-0.25, -0.2) is 4.98 Å². The summed E-state index contributed by atoms with van der Waals surface area (Å²) in [6.45, 7) is 3.01. The number of carbonyl (C=O) groups excluding carboxylic acids is 2. The number of para-hydroxylation sites is 1. The number of nitrogens with zero attached hydrogens (tertiary/aromatic N) is 3. The molecule has 3 heterocycles. The Morgan fingerprint density at radius 2 is 2.03 bits per heavy atom. The lowest BCUT2D eigenvalue weighted by Crippen LogP contribution is -2.42. The van der Waals surface area contributed by atoms with Gasteiger partial charge in [0.25, 0.3) is 5.56 Å². The first kappa shape index (κ1) is 21.1. The number of aromatic amines is 1. The van der Waals surface area contributed by atoms with Crippen molar-refractivity contribution in [1.82, 2.24) is 19.8 Å². The van der Waals surface area contributed by atoms with Crippen molar-refractivity contribution in [3.05, 3.63) is 57.3 Å². The molecule has 1 aromatic heterocycles. The lowest BCUT2D eigenvalue weighted by atomic mass is 9.99. The molecule has 2 aliphatic rings. The second kappa shape index (κ2) is 8.91. The molecule has 1 atom stereocenters. The van der Waals surface area contributed by atoms with Crippen LogP contribution in [0.3, 0.4) is 0 Å². The molecule has 8 heteroatoms. The van der Waals surface area contributed by atoms with Gasteiger partial charge in [0.15, 0.2) is 0 Å². The molecule has 2 aromatic rings. The summed E-state index contributed by atoms with van der Waals surface area (Å²) in [5.41, 5.74) is 1.96. The molecule has 1 saturated heterocycles. The molecule has 0 aliphatic carbocycles. The third-order valence-electron chi connectivity index (χ3n) is 6.21. The van der Waals surface area contributed by atoms with Crippen LogP contribution in [-0.4, -0.2) is 51.8 Å². The SMILES string of the molecule is COc1ccccc1CC(=O)N1CCCC[C@H]1c1nc2c(c(=O)[nH]1)CCN(C(C)=O)C2. The largest absolute Gasteiger partial charge is 0.496 e. The van der Waals surface area contributed by atoms with E-state index in [1.807, 2.05) is 29.2 Å². The second-order valence-corrected chi connectivity index (χ2v) is 8.15. The molecule has 1 fully saturated rings. The summed E-state index contributed by atoms with van der Waals surface area (Å²) in [6.07, 6.45) is 3.35. The van der Waals surface area contributed by atoms with Crippen LogP contribution in [0.4, 0.5) is 0 Å². The fourth-order valence-corrected chi connectivity index (χ4v) is 4.51. The average molecular weight is 425 g/mol. The third kappa shape index (κ3) is 4.33. The predicted octanol–water partition coefficient (Wildman–Crippen LogP) is 1.98. The molecule has 2 amide bonds. The number of hydrogen-bond donors (Lipinski definition) is 1. The molecule has 0 spiro atoms. The van der Waals surface area contributed by atoms with Crippen molar-refractivity contribution < 1.29 is 14.3 Å². The molecule has 164 valence electrons. The van der Waals surface area contributed by atoms with Crippen LogP contribution in [0, 0.1) is 0 Å². The number of benzene rings is 1. The number of aromatic nitrogens is 2. The van der Waals surface area contributed by atoms with E-state index in [1.54, 1.807) is 12.0 Å². The van der Waals surface area contributed by atoms with Crippen molar-refractivity contribution in [3.63, 3.8) is 0 Å². The molecule has 1 N–H and O–H groups in total. The third-order valence-corrected chi connectivity index (χ3v) is 6.21. The van der Waals surface area contributed by atoms with Crippen LogP contribution in [0.2, 0.25) is 0 Å². The van der Waals surface area contributed by atoms with Crippen LogP contribution in [0.1, 0.15) is 54.9 Å². The summed E-state index contributed by atoms with van der Waals surface area (Å²) < 4.78 is 5.39. The molecule has 0 bridgehead atoms. The number of hydrogen-bond acceptors (Lipinski definition) is 5. The van der Waals surface area contributed by atoms with Gasteiger partial charge in [0.05, 0.1) is 31.8 Å². The van der Waals surface area contributed by atoms with E-state index in [2.05, 4.69) is 4.98 Å². The molecular formula is C23H28N4O4. The van der Waals surface area contributed by atoms with Gasteiger partial charge in [-0.05, 0) is 31.7 Å². The fourth-order valence-electron chi connectivity index (χ4n) is 4.51. The Hall–Kier alpha value is -3.16. The van der Waals surface area contributed by atoms with E-state index in [4.69, 9.17) is 9.72 Å². The highest BCUT2D eigenvalue weighted by atomic mass is 16.5. The summed E-state index contributed by atoms with van der Waals surface area (Å²) >= 11 is 0. The van der Waals surface area contributed by atoms with Crippen molar-refractivity contribution in [2.75, 3.05) is 20.2 Å². The van der Waals surface area contributed by atoms with Crippen molar-refractivity contribution in [2.24, 2.45) is 0 Å². The molecule has 0 radical (unpaired) electrons. The minimum absolute atomic E-state index is 0.0140. The number of rotatable bonds is 4. The Morgan fingerprint density at radius 3 is 2.81 bits per heavy atom. The summed E-state index contributed by atoms with van der Waals surface area (Å²) in [5.74, 6) is 1.16. The van der Waals surface area contributed by atoms with E-state index < -0.39 is 0 Å². The molecule has 0 saturated carbocycles. The predicted molar refractivity (Wildman–Crippen MR) is 115 cm³/mol.